The van der Waals surface area contributed by atoms with Crippen LogP contribution < -0.4 is 0 Å². The summed E-state index contributed by atoms with van der Waals surface area (Å²) < 4.78 is 25.8. The van der Waals surface area contributed by atoms with Crippen molar-refractivity contribution < 1.29 is 8.78 Å². The average Bonchev–Trinajstić information content (AvgIpc) is 2.21. The van der Waals surface area contributed by atoms with Crippen LogP contribution in [0.4, 0.5) is 8.78 Å². The van der Waals surface area contributed by atoms with Crippen LogP contribution >= 0.6 is 11.6 Å². The molecule has 0 unspecified atom stereocenters. The van der Waals surface area contributed by atoms with Crippen LogP contribution in [-0.2, 0) is 6.54 Å². The van der Waals surface area contributed by atoms with Gasteiger partial charge in [0.1, 0.15) is 0 Å². The van der Waals surface area contributed by atoms with Crippen molar-refractivity contribution in [3.63, 3.8) is 0 Å². The summed E-state index contributed by atoms with van der Waals surface area (Å²) in [6.45, 7) is 1.60. The molecule has 0 saturated heterocycles. The number of hydrogen-bond acceptors (Lipinski definition) is 1. The summed E-state index contributed by atoms with van der Waals surface area (Å²) in [5.41, 5.74) is 0.799. The second-order valence-corrected chi connectivity index (χ2v) is 5.50. The normalized spacial score (nSPS) is 23.8. The molecule has 0 aromatic heterocycles. The molecule has 1 aromatic rings. The van der Waals surface area contributed by atoms with Crippen LogP contribution in [0.25, 0.3) is 0 Å². The Kier molecular flexibility index (Phi) is 4.00. The molecule has 0 amide bonds. The van der Waals surface area contributed by atoms with Crippen LogP contribution in [0, 0.1) is 17.6 Å². The van der Waals surface area contributed by atoms with Crippen molar-refractivity contribution in [2.24, 2.45) is 5.92 Å². The third kappa shape index (κ3) is 3.39. The number of alkyl halides is 1. The summed E-state index contributed by atoms with van der Waals surface area (Å²) in [5.74, 6) is -0.923. The standard InChI is InChI=1S/C13H16ClF2N/c1-17(8-10-4-11(14)5-10)7-9-2-3-12(15)13(16)6-9/h2-3,6,10-11H,4-5,7-8H2,1H3. The van der Waals surface area contributed by atoms with E-state index in [1.807, 2.05) is 7.05 Å². The molecule has 0 radical (unpaired) electrons. The first-order valence-corrected chi connectivity index (χ1v) is 6.25. The molecule has 1 aliphatic rings. The lowest BCUT2D eigenvalue weighted by molar-refractivity contribution is 0.204. The Morgan fingerprint density at radius 3 is 2.59 bits per heavy atom. The lowest BCUT2D eigenvalue weighted by Crippen LogP contribution is -2.34. The highest BCUT2D eigenvalue weighted by atomic mass is 35.5. The van der Waals surface area contributed by atoms with Gasteiger partial charge in [0.2, 0.25) is 0 Å². The number of halogens is 3. The molecule has 2 rings (SSSR count). The zero-order valence-electron chi connectivity index (χ0n) is 9.80. The van der Waals surface area contributed by atoms with E-state index in [0.29, 0.717) is 17.8 Å². The molecule has 1 fully saturated rings. The van der Waals surface area contributed by atoms with Crippen LogP contribution in [0.2, 0.25) is 0 Å². The first-order valence-electron chi connectivity index (χ1n) is 5.81. The third-order valence-electron chi connectivity index (χ3n) is 3.18. The molecule has 0 aliphatic heterocycles. The minimum Gasteiger partial charge on any atom is -0.302 e. The Bertz CT molecular complexity index is 391. The third-order valence-corrected chi connectivity index (χ3v) is 3.54. The molecule has 0 heterocycles. The average molecular weight is 260 g/mol. The highest BCUT2D eigenvalue weighted by Gasteiger charge is 2.27. The Hall–Kier alpha value is -0.670. The SMILES string of the molecule is CN(Cc1ccc(F)c(F)c1)CC1CC(Cl)C1. The molecule has 0 bridgehead atoms. The molecule has 1 aromatic carbocycles. The number of nitrogens with zero attached hydrogens (tertiary/aromatic N) is 1. The molecule has 0 atom stereocenters. The molecule has 4 heteroatoms. The van der Waals surface area contributed by atoms with Crippen molar-refractivity contribution >= 4 is 11.6 Å². The maximum Gasteiger partial charge on any atom is 0.159 e. The van der Waals surface area contributed by atoms with Gasteiger partial charge in [-0.25, -0.2) is 8.78 Å². The topological polar surface area (TPSA) is 3.24 Å². The fourth-order valence-electron chi connectivity index (χ4n) is 2.26. The minimum atomic E-state index is -0.791. The van der Waals surface area contributed by atoms with Crippen LogP contribution in [-0.4, -0.2) is 23.9 Å². The van der Waals surface area contributed by atoms with Gasteiger partial charge in [0.25, 0.3) is 0 Å². The number of rotatable bonds is 4. The van der Waals surface area contributed by atoms with E-state index < -0.39 is 11.6 Å². The Morgan fingerprint density at radius 2 is 2.00 bits per heavy atom. The molecule has 1 saturated carbocycles. The molecule has 17 heavy (non-hydrogen) atoms. The zero-order valence-corrected chi connectivity index (χ0v) is 10.6. The molecular formula is C13H16ClF2N. The van der Waals surface area contributed by atoms with Crippen molar-refractivity contribution in [2.45, 2.75) is 24.8 Å². The fourth-order valence-corrected chi connectivity index (χ4v) is 2.76. The van der Waals surface area contributed by atoms with E-state index in [9.17, 15) is 8.78 Å². The Balaban J connectivity index is 1.85. The van der Waals surface area contributed by atoms with Gasteiger partial charge in [-0.15, -0.1) is 11.6 Å². The van der Waals surface area contributed by atoms with Gasteiger partial charge in [0.05, 0.1) is 0 Å². The van der Waals surface area contributed by atoms with Gasteiger partial charge in [0, 0.05) is 18.5 Å². The summed E-state index contributed by atoms with van der Waals surface area (Å²) in [4.78, 5) is 2.13. The molecule has 94 valence electrons. The molecular weight excluding hydrogens is 244 g/mol. The molecule has 1 aliphatic carbocycles. The van der Waals surface area contributed by atoms with Crippen LogP contribution in [0.15, 0.2) is 18.2 Å². The van der Waals surface area contributed by atoms with E-state index in [0.717, 1.165) is 24.9 Å². The van der Waals surface area contributed by atoms with Crippen molar-refractivity contribution in [3.05, 3.63) is 35.4 Å². The van der Waals surface area contributed by atoms with E-state index in [2.05, 4.69) is 4.90 Å². The zero-order chi connectivity index (χ0) is 12.4. The summed E-state index contributed by atoms with van der Waals surface area (Å²) in [6.07, 6.45) is 2.12. The second-order valence-electron chi connectivity index (χ2n) is 4.88. The van der Waals surface area contributed by atoms with Gasteiger partial charge in [-0.2, -0.15) is 0 Å². The van der Waals surface area contributed by atoms with Gasteiger partial charge in [-0.3, -0.25) is 0 Å². The van der Waals surface area contributed by atoms with Gasteiger partial charge in [-0.1, -0.05) is 6.07 Å². The fraction of sp³-hybridized carbons (Fsp3) is 0.538. The smallest absolute Gasteiger partial charge is 0.159 e. The lowest BCUT2D eigenvalue weighted by Gasteiger charge is -2.34. The lowest BCUT2D eigenvalue weighted by atomic mass is 9.84. The predicted molar refractivity (Wildman–Crippen MR) is 65.1 cm³/mol. The van der Waals surface area contributed by atoms with E-state index in [-0.39, 0.29) is 0 Å². The highest BCUT2D eigenvalue weighted by molar-refractivity contribution is 6.21. The highest BCUT2D eigenvalue weighted by Crippen LogP contribution is 2.32. The quantitative estimate of drug-likeness (QED) is 0.749. The monoisotopic (exact) mass is 259 g/mol. The van der Waals surface area contributed by atoms with E-state index in [1.54, 1.807) is 6.07 Å². The Morgan fingerprint density at radius 1 is 1.29 bits per heavy atom. The molecule has 1 nitrogen and oxygen atoms in total. The number of benzene rings is 1. The van der Waals surface area contributed by atoms with Crippen molar-refractivity contribution in [2.75, 3.05) is 13.6 Å². The summed E-state index contributed by atoms with van der Waals surface area (Å²) in [5, 5.41) is 0.330. The second kappa shape index (κ2) is 5.32. The van der Waals surface area contributed by atoms with Gasteiger partial charge >= 0.3 is 0 Å². The van der Waals surface area contributed by atoms with Crippen LogP contribution in [0.1, 0.15) is 18.4 Å². The van der Waals surface area contributed by atoms with Gasteiger partial charge in [-0.05, 0) is 43.5 Å². The van der Waals surface area contributed by atoms with E-state index in [4.69, 9.17) is 11.6 Å². The van der Waals surface area contributed by atoms with E-state index >= 15 is 0 Å². The summed E-state index contributed by atoms with van der Waals surface area (Å²) in [6, 6.07) is 4.06. The first kappa shape index (κ1) is 12.8. The Labute approximate surface area is 105 Å². The van der Waals surface area contributed by atoms with Gasteiger partial charge < -0.3 is 4.90 Å². The van der Waals surface area contributed by atoms with Crippen molar-refractivity contribution in [1.82, 2.24) is 4.90 Å². The summed E-state index contributed by atoms with van der Waals surface area (Å²) >= 11 is 5.92. The summed E-state index contributed by atoms with van der Waals surface area (Å²) in [7, 11) is 1.99. The molecule has 0 N–H and O–H groups in total. The van der Waals surface area contributed by atoms with Crippen molar-refractivity contribution in [1.29, 1.82) is 0 Å². The maximum atomic E-state index is 13.0. The van der Waals surface area contributed by atoms with Crippen molar-refractivity contribution in [3.8, 4) is 0 Å². The van der Waals surface area contributed by atoms with Crippen LogP contribution in [0.3, 0.4) is 0 Å². The van der Waals surface area contributed by atoms with Crippen LogP contribution in [0.5, 0.6) is 0 Å². The molecule has 0 spiro atoms. The maximum absolute atomic E-state index is 13.0. The predicted octanol–water partition coefficient (Wildman–Crippen LogP) is 3.41. The van der Waals surface area contributed by atoms with Gasteiger partial charge in [0.15, 0.2) is 11.6 Å². The largest absolute Gasteiger partial charge is 0.302 e. The van der Waals surface area contributed by atoms with E-state index in [1.165, 1.54) is 12.1 Å². The first-order chi connectivity index (χ1) is 8.04. The number of hydrogen-bond donors (Lipinski definition) is 0. The minimum absolute atomic E-state index is 0.330.